The Hall–Kier alpha value is -3.93. The van der Waals surface area contributed by atoms with Gasteiger partial charge in [0.2, 0.25) is 11.9 Å². The molecule has 0 atom stereocenters. The highest BCUT2D eigenvalue weighted by atomic mass is 19.4. The maximum atomic E-state index is 12.4. The lowest BCUT2D eigenvalue weighted by Crippen LogP contribution is -2.38. The van der Waals surface area contributed by atoms with Gasteiger partial charge in [0.1, 0.15) is 12.1 Å². The van der Waals surface area contributed by atoms with Crippen molar-refractivity contribution in [1.82, 2.24) is 20.3 Å². The molecule has 1 aromatic heterocycles. The molecular formula is C24H25F3N6O3. The van der Waals surface area contributed by atoms with Crippen LogP contribution in [0.1, 0.15) is 28.8 Å². The zero-order valence-corrected chi connectivity index (χ0v) is 19.5. The van der Waals surface area contributed by atoms with Crippen molar-refractivity contribution in [2.24, 2.45) is 0 Å². The highest BCUT2D eigenvalue weighted by Gasteiger charge is 2.31. The van der Waals surface area contributed by atoms with Gasteiger partial charge in [0.05, 0.1) is 12.7 Å². The summed E-state index contributed by atoms with van der Waals surface area (Å²) in [5, 5.41) is 5.68. The summed E-state index contributed by atoms with van der Waals surface area (Å²) in [6.45, 7) is 1.49. The van der Waals surface area contributed by atoms with Gasteiger partial charge in [0, 0.05) is 31.4 Å². The summed E-state index contributed by atoms with van der Waals surface area (Å²) in [5.74, 6) is 0.416. The standard InChI is InChI=1S/C24H25F3N6O3/c1-28-21(34)17-5-3-6-18(13-17)31-22-29-15-30-23(32-22)33-10-8-19(9-11-33)35-14-16-4-2-7-20(12-16)36-24(25,26)27/h2-7,12-13,15,19H,8-11,14H2,1H3,(H,28,34)(H,29,30,31,32). The van der Waals surface area contributed by atoms with Crippen LogP contribution in [-0.2, 0) is 11.3 Å². The molecule has 9 nitrogen and oxygen atoms in total. The minimum Gasteiger partial charge on any atom is -0.406 e. The molecule has 3 aromatic rings. The number of hydrogen-bond donors (Lipinski definition) is 2. The number of amides is 1. The number of alkyl halides is 3. The SMILES string of the molecule is CNC(=O)c1cccc(Nc2ncnc(N3CCC(OCc4cccc(OC(F)(F)F)c4)CC3)n2)c1. The molecule has 1 aliphatic heterocycles. The molecule has 2 heterocycles. The van der Waals surface area contributed by atoms with Crippen LogP contribution in [0.25, 0.3) is 0 Å². The van der Waals surface area contributed by atoms with Crippen LogP contribution in [0.2, 0.25) is 0 Å². The van der Waals surface area contributed by atoms with Crippen molar-refractivity contribution in [3.05, 3.63) is 66.0 Å². The number of anilines is 3. The lowest BCUT2D eigenvalue weighted by atomic mass is 10.1. The predicted octanol–water partition coefficient (Wildman–Crippen LogP) is 4.06. The van der Waals surface area contributed by atoms with Crippen LogP contribution in [-0.4, -0.2) is 53.5 Å². The second-order valence-corrected chi connectivity index (χ2v) is 8.09. The molecule has 36 heavy (non-hydrogen) atoms. The topological polar surface area (TPSA) is 102 Å². The zero-order valence-electron chi connectivity index (χ0n) is 19.5. The Morgan fingerprint density at radius 1 is 1.11 bits per heavy atom. The highest BCUT2D eigenvalue weighted by molar-refractivity contribution is 5.95. The van der Waals surface area contributed by atoms with Gasteiger partial charge in [-0.15, -0.1) is 13.2 Å². The molecular weight excluding hydrogens is 477 g/mol. The lowest BCUT2D eigenvalue weighted by Gasteiger charge is -2.32. The normalized spacial score (nSPS) is 14.4. The van der Waals surface area contributed by atoms with Gasteiger partial charge in [-0.3, -0.25) is 4.79 Å². The zero-order chi connectivity index (χ0) is 25.5. The minimum atomic E-state index is -4.73. The number of ether oxygens (including phenoxy) is 2. The van der Waals surface area contributed by atoms with Crippen molar-refractivity contribution in [3.63, 3.8) is 0 Å². The Bertz CT molecular complexity index is 1190. The Labute approximate surface area is 205 Å². The molecule has 0 radical (unpaired) electrons. The van der Waals surface area contributed by atoms with Crippen LogP contribution in [0.15, 0.2) is 54.9 Å². The van der Waals surface area contributed by atoms with E-state index < -0.39 is 6.36 Å². The summed E-state index contributed by atoms with van der Waals surface area (Å²) in [5.41, 5.74) is 1.79. The first-order chi connectivity index (χ1) is 17.3. The molecule has 12 heteroatoms. The Morgan fingerprint density at radius 2 is 1.89 bits per heavy atom. The van der Waals surface area contributed by atoms with E-state index in [4.69, 9.17) is 4.74 Å². The van der Waals surface area contributed by atoms with E-state index in [0.29, 0.717) is 54.6 Å². The van der Waals surface area contributed by atoms with Gasteiger partial charge in [-0.25, -0.2) is 9.97 Å². The number of piperidine rings is 1. The number of nitrogens with zero attached hydrogens (tertiary/aromatic N) is 4. The van der Waals surface area contributed by atoms with Gasteiger partial charge in [-0.2, -0.15) is 4.98 Å². The number of benzene rings is 2. The second kappa shape index (κ2) is 11.2. The van der Waals surface area contributed by atoms with Crippen molar-refractivity contribution in [1.29, 1.82) is 0 Å². The van der Waals surface area contributed by atoms with Crippen LogP contribution in [0.5, 0.6) is 5.75 Å². The average Bonchev–Trinajstić information content (AvgIpc) is 2.87. The van der Waals surface area contributed by atoms with Crippen molar-refractivity contribution >= 4 is 23.5 Å². The van der Waals surface area contributed by atoms with Crippen molar-refractivity contribution in [2.45, 2.75) is 31.9 Å². The van der Waals surface area contributed by atoms with Crippen molar-refractivity contribution in [3.8, 4) is 5.75 Å². The van der Waals surface area contributed by atoms with E-state index in [1.807, 2.05) is 11.0 Å². The maximum Gasteiger partial charge on any atom is 0.573 e. The molecule has 4 rings (SSSR count). The van der Waals surface area contributed by atoms with Crippen LogP contribution in [0.4, 0.5) is 30.8 Å². The van der Waals surface area contributed by atoms with E-state index in [0.717, 1.165) is 0 Å². The van der Waals surface area contributed by atoms with Gasteiger partial charge in [0.15, 0.2) is 0 Å². The number of carbonyl (C=O) groups excluding carboxylic acids is 1. The maximum absolute atomic E-state index is 12.4. The molecule has 1 amide bonds. The first-order valence-corrected chi connectivity index (χ1v) is 11.3. The van der Waals surface area contributed by atoms with Crippen molar-refractivity contribution in [2.75, 3.05) is 30.4 Å². The van der Waals surface area contributed by atoms with Crippen LogP contribution in [0.3, 0.4) is 0 Å². The summed E-state index contributed by atoms with van der Waals surface area (Å²) in [4.78, 5) is 26.8. The number of aromatic nitrogens is 3. The van der Waals surface area contributed by atoms with E-state index in [1.165, 1.54) is 24.5 Å². The van der Waals surface area contributed by atoms with Gasteiger partial charge < -0.3 is 25.0 Å². The molecule has 2 N–H and O–H groups in total. The average molecular weight is 502 g/mol. The van der Waals surface area contributed by atoms with E-state index in [9.17, 15) is 18.0 Å². The van der Waals surface area contributed by atoms with Crippen LogP contribution in [0, 0.1) is 0 Å². The monoisotopic (exact) mass is 502 g/mol. The third-order valence-electron chi connectivity index (χ3n) is 5.51. The summed E-state index contributed by atoms with van der Waals surface area (Å²) in [6, 6.07) is 12.8. The molecule has 1 fully saturated rings. The molecule has 1 aliphatic rings. The molecule has 0 aliphatic carbocycles. The van der Waals surface area contributed by atoms with Gasteiger partial charge in [-0.05, 0) is 48.7 Å². The predicted molar refractivity (Wildman–Crippen MR) is 126 cm³/mol. The molecule has 0 unspecified atom stereocenters. The number of hydrogen-bond acceptors (Lipinski definition) is 8. The molecule has 190 valence electrons. The molecule has 0 bridgehead atoms. The molecule has 0 spiro atoms. The highest BCUT2D eigenvalue weighted by Crippen LogP contribution is 2.25. The quantitative estimate of drug-likeness (QED) is 0.476. The van der Waals surface area contributed by atoms with Crippen LogP contribution >= 0.6 is 0 Å². The second-order valence-electron chi connectivity index (χ2n) is 8.09. The minimum absolute atomic E-state index is 0.0414. The van der Waals surface area contributed by atoms with Crippen LogP contribution < -0.4 is 20.3 Å². The van der Waals surface area contributed by atoms with Gasteiger partial charge >= 0.3 is 6.36 Å². The number of carbonyl (C=O) groups is 1. The third kappa shape index (κ3) is 7.04. The molecule has 2 aromatic carbocycles. The number of halogens is 3. The summed E-state index contributed by atoms with van der Waals surface area (Å²) < 4.78 is 47.2. The number of nitrogens with one attached hydrogen (secondary N) is 2. The molecule has 1 saturated heterocycles. The van der Waals surface area contributed by atoms with Crippen molar-refractivity contribution < 1.29 is 27.4 Å². The Kier molecular flexibility index (Phi) is 7.84. The van der Waals surface area contributed by atoms with Gasteiger partial charge in [-0.1, -0.05) is 18.2 Å². The number of rotatable bonds is 8. The largest absolute Gasteiger partial charge is 0.573 e. The fraction of sp³-hybridized carbons (Fsp3) is 0.333. The Balaban J connectivity index is 1.30. The summed E-state index contributed by atoms with van der Waals surface area (Å²) in [6.07, 6.45) is -1.93. The smallest absolute Gasteiger partial charge is 0.406 e. The third-order valence-corrected chi connectivity index (χ3v) is 5.51. The lowest BCUT2D eigenvalue weighted by molar-refractivity contribution is -0.274. The van der Waals surface area contributed by atoms with E-state index in [-0.39, 0.29) is 24.4 Å². The first kappa shape index (κ1) is 25.2. The first-order valence-electron chi connectivity index (χ1n) is 11.3. The van der Waals surface area contributed by atoms with E-state index in [2.05, 4.69) is 30.3 Å². The van der Waals surface area contributed by atoms with Gasteiger partial charge in [0.25, 0.3) is 5.91 Å². The van der Waals surface area contributed by atoms with E-state index in [1.54, 1.807) is 31.3 Å². The van der Waals surface area contributed by atoms with E-state index >= 15 is 0 Å². The fourth-order valence-corrected chi connectivity index (χ4v) is 3.78. The Morgan fingerprint density at radius 3 is 2.64 bits per heavy atom. The summed E-state index contributed by atoms with van der Waals surface area (Å²) in [7, 11) is 1.57. The molecule has 0 saturated carbocycles. The fourth-order valence-electron chi connectivity index (χ4n) is 3.78. The summed E-state index contributed by atoms with van der Waals surface area (Å²) >= 11 is 0.